The zero-order valence-electron chi connectivity index (χ0n) is 21.5. The fraction of sp³-hybridized carbons (Fsp3) is 0.267. The maximum Gasteiger partial charge on any atom is 0.174 e. The molecule has 194 valence electrons. The van der Waals surface area contributed by atoms with Crippen LogP contribution in [0, 0.1) is 13.8 Å². The Morgan fingerprint density at radius 1 is 0.947 bits per heavy atom. The lowest BCUT2D eigenvalue weighted by Gasteiger charge is -2.31. The summed E-state index contributed by atoms with van der Waals surface area (Å²) in [4.78, 5) is 9.24. The molecule has 38 heavy (non-hydrogen) atoms. The normalized spacial score (nSPS) is 19.6. The van der Waals surface area contributed by atoms with Crippen molar-refractivity contribution >= 4 is 28.7 Å². The summed E-state index contributed by atoms with van der Waals surface area (Å²) in [6.07, 6.45) is 1.82. The molecular weight excluding hydrogens is 494 g/mol. The van der Waals surface area contributed by atoms with E-state index in [0.29, 0.717) is 5.11 Å². The topological polar surface area (TPSA) is 65.8 Å². The molecule has 0 aliphatic carbocycles. The summed E-state index contributed by atoms with van der Waals surface area (Å²) in [7, 11) is 0. The van der Waals surface area contributed by atoms with Gasteiger partial charge in [0.2, 0.25) is 0 Å². The lowest BCUT2D eigenvalue weighted by atomic mass is 9.96. The second-order valence-corrected chi connectivity index (χ2v) is 10.1. The number of pyridine rings is 1. The number of ether oxygens (including phenoxy) is 1. The van der Waals surface area contributed by atoms with Crippen LogP contribution in [0.25, 0.3) is 5.69 Å². The molecule has 6 rings (SSSR count). The molecule has 2 atom stereocenters. The van der Waals surface area contributed by atoms with Crippen molar-refractivity contribution in [3.05, 3.63) is 102 Å². The highest BCUT2D eigenvalue weighted by Crippen LogP contribution is 2.44. The van der Waals surface area contributed by atoms with Gasteiger partial charge in [-0.2, -0.15) is 0 Å². The predicted molar refractivity (Wildman–Crippen MR) is 154 cm³/mol. The van der Waals surface area contributed by atoms with Gasteiger partial charge in [-0.1, -0.05) is 18.2 Å². The zero-order chi connectivity index (χ0) is 26.2. The summed E-state index contributed by atoms with van der Waals surface area (Å²) in [5.41, 5.74) is 7.13. The van der Waals surface area contributed by atoms with Crippen molar-refractivity contribution in [2.24, 2.45) is 0 Å². The average molecular weight is 526 g/mol. The van der Waals surface area contributed by atoms with E-state index in [0.717, 1.165) is 60.3 Å². The van der Waals surface area contributed by atoms with Crippen molar-refractivity contribution < 1.29 is 9.84 Å². The third-order valence-corrected chi connectivity index (χ3v) is 7.83. The van der Waals surface area contributed by atoms with Crippen molar-refractivity contribution in [3.8, 4) is 11.4 Å². The Balaban J connectivity index is 1.44. The highest BCUT2D eigenvalue weighted by molar-refractivity contribution is 7.80. The number of phenolic OH excluding ortho intramolecular Hbond substituents is 1. The van der Waals surface area contributed by atoms with Gasteiger partial charge in [0.15, 0.2) is 5.11 Å². The summed E-state index contributed by atoms with van der Waals surface area (Å²) in [6, 6.07) is 24.0. The number of hydrogen-bond acceptors (Lipinski definition) is 5. The Morgan fingerprint density at radius 3 is 2.37 bits per heavy atom. The van der Waals surface area contributed by atoms with E-state index in [9.17, 15) is 5.11 Å². The monoisotopic (exact) mass is 525 g/mol. The van der Waals surface area contributed by atoms with Gasteiger partial charge in [0.1, 0.15) is 5.75 Å². The van der Waals surface area contributed by atoms with Gasteiger partial charge in [-0.3, -0.25) is 4.98 Å². The third-order valence-electron chi connectivity index (χ3n) is 7.51. The third kappa shape index (κ3) is 4.29. The van der Waals surface area contributed by atoms with Gasteiger partial charge in [0, 0.05) is 42.0 Å². The first-order chi connectivity index (χ1) is 18.5. The smallest absolute Gasteiger partial charge is 0.174 e. The average Bonchev–Trinajstić information content (AvgIpc) is 3.45. The lowest BCUT2D eigenvalue weighted by Crippen LogP contribution is -2.36. The van der Waals surface area contributed by atoms with E-state index in [2.05, 4.69) is 63.9 Å². The molecular formula is C30H31N5O2S. The zero-order valence-corrected chi connectivity index (χ0v) is 22.4. The van der Waals surface area contributed by atoms with Crippen LogP contribution in [-0.4, -0.2) is 46.1 Å². The van der Waals surface area contributed by atoms with E-state index in [1.54, 1.807) is 6.07 Å². The summed E-state index contributed by atoms with van der Waals surface area (Å²) >= 11 is 5.95. The number of nitrogens with one attached hydrogen (secondary N) is 1. The molecule has 4 aromatic rings. The number of hydrogen-bond donors (Lipinski definition) is 2. The lowest BCUT2D eigenvalue weighted by molar-refractivity contribution is 0.122. The number of phenols is 1. The number of morpholine rings is 1. The number of benzene rings is 2. The molecule has 2 saturated heterocycles. The number of aryl methyl sites for hydroxylation is 1. The second kappa shape index (κ2) is 10.1. The van der Waals surface area contributed by atoms with Gasteiger partial charge in [-0.25, -0.2) is 0 Å². The molecule has 4 heterocycles. The van der Waals surface area contributed by atoms with Crippen LogP contribution in [0.4, 0.5) is 11.4 Å². The fourth-order valence-electron chi connectivity index (χ4n) is 5.71. The van der Waals surface area contributed by atoms with Gasteiger partial charge in [-0.15, -0.1) is 0 Å². The molecule has 0 amide bonds. The Kier molecular flexibility index (Phi) is 6.51. The molecule has 2 aromatic carbocycles. The molecule has 0 bridgehead atoms. The molecule has 0 radical (unpaired) electrons. The highest BCUT2D eigenvalue weighted by atomic mass is 32.1. The Bertz CT molecular complexity index is 1450. The van der Waals surface area contributed by atoms with Crippen LogP contribution in [0.1, 0.15) is 34.7 Å². The first-order valence-corrected chi connectivity index (χ1v) is 13.3. The summed E-state index contributed by atoms with van der Waals surface area (Å²) in [6.45, 7) is 7.47. The Hall–Kier alpha value is -3.88. The number of aromatic hydroxyl groups is 1. The van der Waals surface area contributed by atoms with E-state index in [-0.39, 0.29) is 17.8 Å². The van der Waals surface area contributed by atoms with E-state index >= 15 is 0 Å². The van der Waals surface area contributed by atoms with Gasteiger partial charge in [0.05, 0.1) is 36.7 Å². The van der Waals surface area contributed by atoms with Gasteiger partial charge in [-0.05, 0) is 86.2 Å². The quantitative estimate of drug-likeness (QED) is 0.347. The van der Waals surface area contributed by atoms with Crippen molar-refractivity contribution in [3.63, 3.8) is 0 Å². The van der Waals surface area contributed by atoms with Crippen LogP contribution in [0.3, 0.4) is 0 Å². The molecule has 2 N–H and O–H groups in total. The van der Waals surface area contributed by atoms with Crippen LogP contribution in [0.15, 0.2) is 79.0 Å². The van der Waals surface area contributed by atoms with Crippen LogP contribution in [0.2, 0.25) is 0 Å². The highest BCUT2D eigenvalue weighted by Gasteiger charge is 2.42. The molecule has 2 aliphatic rings. The van der Waals surface area contributed by atoms with E-state index in [1.165, 1.54) is 5.69 Å². The van der Waals surface area contributed by atoms with Crippen molar-refractivity contribution in [1.29, 1.82) is 0 Å². The summed E-state index contributed by atoms with van der Waals surface area (Å²) < 4.78 is 7.63. The Morgan fingerprint density at radius 2 is 1.66 bits per heavy atom. The van der Waals surface area contributed by atoms with E-state index in [1.807, 2.05) is 42.6 Å². The number of para-hydroxylation sites is 2. The molecule has 0 unspecified atom stereocenters. The predicted octanol–water partition coefficient (Wildman–Crippen LogP) is 5.21. The van der Waals surface area contributed by atoms with Gasteiger partial charge < -0.3 is 29.5 Å². The summed E-state index contributed by atoms with van der Waals surface area (Å²) in [5, 5.41) is 14.9. The number of anilines is 2. The molecule has 7 nitrogen and oxygen atoms in total. The van der Waals surface area contributed by atoms with Crippen molar-refractivity contribution in [1.82, 2.24) is 14.9 Å². The second-order valence-electron chi connectivity index (χ2n) is 9.76. The molecule has 0 spiro atoms. The van der Waals surface area contributed by atoms with Crippen molar-refractivity contribution in [2.75, 3.05) is 36.1 Å². The first kappa shape index (κ1) is 24.5. The van der Waals surface area contributed by atoms with Gasteiger partial charge in [0.25, 0.3) is 0 Å². The molecule has 8 heteroatoms. The number of rotatable bonds is 5. The van der Waals surface area contributed by atoms with E-state index in [4.69, 9.17) is 21.9 Å². The molecule has 2 aromatic heterocycles. The van der Waals surface area contributed by atoms with Crippen LogP contribution in [0.5, 0.6) is 5.75 Å². The maximum atomic E-state index is 10.6. The fourth-order valence-corrected chi connectivity index (χ4v) is 6.05. The van der Waals surface area contributed by atoms with Gasteiger partial charge >= 0.3 is 0 Å². The SMILES string of the molecule is Cc1cc([C@H]2[C@@H](c3ccccn3)NC(=S)N2c2ccc(N3CCOCC3)cc2)c(C)n1-c1ccccc1O. The number of thiocarbonyl (C=S) groups is 1. The summed E-state index contributed by atoms with van der Waals surface area (Å²) in [5.74, 6) is 0.248. The first-order valence-electron chi connectivity index (χ1n) is 12.9. The molecule has 2 fully saturated rings. The van der Waals surface area contributed by atoms with Crippen LogP contribution < -0.4 is 15.1 Å². The van der Waals surface area contributed by atoms with Crippen LogP contribution >= 0.6 is 12.2 Å². The molecule has 2 aliphatic heterocycles. The van der Waals surface area contributed by atoms with Crippen molar-refractivity contribution in [2.45, 2.75) is 25.9 Å². The maximum absolute atomic E-state index is 10.6. The van der Waals surface area contributed by atoms with E-state index < -0.39 is 0 Å². The number of aromatic nitrogens is 2. The minimum absolute atomic E-state index is 0.127. The Labute approximate surface area is 228 Å². The minimum Gasteiger partial charge on any atom is -0.506 e. The van der Waals surface area contributed by atoms with Crippen LogP contribution in [-0.2, 0) is 4.74 Å². The number of nitrogens with zero attached hydrogens (tertiary/aromatic N) is 4. The largest absolute Gasteiger partial charge is 0.506 e. The minimum atomic E-state index is -0.138. The standard InChI is InChI=1S/C30H31N5O2S/c1-20-19-24(21(2)34(20)26-8-3-4-9-27(26)36)29-28(25-7-5-6-14-31-25)32-30(38)35(29)23-12-10-22(11-13-23)33-15-17-37-18-16-33/h3-14,19,28-29,36H,15-18H2,1-2H3,(H,32,38)/t28-,29+/m1/s1. The molecule has 0 saturated carbocycles.